The van der Waals surface area contributed by atoms with Gasteiger partial charge in [0.05, 0.1) is 30.6 Å². The summed E-state index contributed by atoms with van der Waals surface area (Å²) in [4.78, 5) is 22.9. The van der Waals surface area contributed by atoms with Gasteiger partial charge in [-0.05, 0) is 30.7 Å². The van der Waals surface area contributed by atoms with Crippen LogP contribution in [0.25, 0.3) is 0 Å². The van der Waals surface area contributed by atoms with E-state index < -0.39 is 16.0 Å². The molecule has 0 atom stereocenters. The molecule has 0 radical (unpaired) electrons. The zero-order valence-corrected chi connectivity index (χ0v) is 16.4. The first-order valence-corrected chi connectivity index (χ1v) is 10.3. The number of hydrogen-bond acceptors (Lipinski definition) is 9. The number of rotatable bonds is 9. The summed E-state index contributed by atoms with van der Waals surface area (Å²) < 4.78 is 36.7. The van der Waals surface area contributed by atoms with Gasteiger partial charge in [0.15, 0.2) is 0 Å². The third-order valence-electron chi connectivity index (χ3n) is 3.30. The molecule has 0 bridgehead atoms. The van der Waals surface area contributed by atoms with Crippen molar-refractivity contribution in [3.63, 3.8) is 0 Å². The lowest BCUT2D eigenvalue weighted by atomic mass is 10.2. The first-order valence-electron chi connectivity index (χ1n) is 8.05. The van der Waals surface area contributed by atoms with E-state index in [1.165, 1.54) is 31.4 Å². The Hall–Kier alpha value is -2.53. The summed E-state index contributed by atoms with van der Waals surface area (Å²) in [5, 5.41) is 8.19. The number of nitrogens with zero attached hydrogens (tertiary/aromatic N) is 2. The van der Waals surface area contributed by atoms with Crippen molar-refractivity contribution < 1.29 is 27.5 Å². The maximum atomic E-state index is 12.4. The molecule has 9 nitrogen and oxygen atoms in total. The predicted octanol–water partition coefficient (Wildman–Crippen LogP) is 2.01. The van der Waals surface area contributed by atoms with Gasteiger partial charge < -0.3 is 9.47 Å². The smallest absolute Gasteiger partial charge is 0.338 e. The van der Waals surface area contributed by atoms with Gasteiger partial charge in [-0.25, -0.2) is 13.2 Å². The van der Waals surface area contributed by atoms with Crippen molar-refractivity contribution in [2.75, 3.05) is 18.4 Å². The summed E-state index contributed by atoms with van der Waals surface area (Å²) in [6.45, 7) is 2.18. The highest BCUT2D eigenvalue weighted by molar-refractivity contribution is 7.93. The first-order chi connectivity index (χ1) is 12.9. The number of sulfonamides is 1. The quantitative estimate of drug-likeness (QED) is 0.619. The molecule has 2 rings (SSSR count). The van der Waals surface area contributed by atoms with Crippen LogP contribution in [0.3, 0.4) is 0 Å². The van der Waals surface area contributed by atoms with E-state index >= 15 is 0 Å². The van der Waals surface area contributed by atoms with Crippen LogP contribution in [0, 0.1) is 0 Å². The summed E-state index contributed by atoms with van der Waals surface area (Å²) >= 11 is 1.03. The van der Waals surface area contributed by atoms with Crippen molar-refractivity contribution in [2.24, 2.45) is 0 Å². The molecular weight excluding hydrogens is 394 g/mol. The molecule has 0 spiro atoms. The van der Waals surface area contributed by atoms with Crippen molar-refractivity contribution >= 4 is 38.4 Å². The summed E-state index contributed by atoms with van der Waals surface area (Å²) in [6.07, 6.45) is 1.14. The third-order valence-corrected chi connectivity index (χ3v) is 5.68. The fourth-order valence-electron chi connectivity index (χ4n) is 1.93. The van der Waals surface area contributed by atoms with Crippen molar-refractivity contribution in [3.05, 3.63) is 34.8 Å². The molecule has 0 amide bonds. The molecule has 2 aromatic rings. The van der Waals surface area contributed by atoms with Crippen LogP contribution in [-0.2, 0) is 30.7 Å². The van der Waals surface area contributed by atoms with E-state index in [0.29, 0.717) is 24.5 Å². The lowest BCUT2D eigenvalue weighted by Gasteiger charge is -2.06. The van der Waals surface area contributed by atoms with Crippen LogP contribution in [0.15, 0.2) is 29.2 Å². The van der Waals surface area contributed by atoms with E-state index in [1.54, 1.807) is 0 Å². The summed E-state index contributed by atoms with van der Waals surface area (Å²) in [7, 11) is -2.59. The van der Waals surface area contributed by atoms with Crippen LogP contribution in [0.1, 0.15) is 35.1 Å². The monoisotopic (exact) mass is 413 g/mol. The van der Waals surface area contributed by atoms with Crippen molar-refractivity contribution in [2.45, 2.75) is 31.1 Å². The lowest BCUT2D eigenvalue weighted by molar-refractivity contribution is -0.140. The lowest BCUT2D eigenvalue weighted by Crippen LogP contribution is -2.13. The minimum absolute atomic E-state index is 0.0270. The molecule has 0 saturated heterocycles. The molecule has 0 aliphatic heterocycles. The van der Waals surface area contributed by atoms with Gasteiger partial charge in [0.1, 0.15) is 5.01 Å². The molecule has 0 aliphatic rings. The van der Waals surface area contributed by atoms with E-state index in [0.717, 1.165) is 11.3 Å². The number of hydrogen-bond donors (Lipinski definition) is 1. The van der Waals surface area contributed by atoms with E-state index in [9.17, 15) is 18.0 Å². The standard InChI is InChI=1S/C16H19N3O6S2/c1-3-10-25-15(21)11-4-6-12(7-5-11)27(22,23)19-16-18-17-13(26-16)8-9-14(20)24-2/h4-7H,3,8-10H2,1-2H3,(H,18,19). The maximum Gasteiger partial charge on any atom is 0.338 e. The molecule has 0 fully saturated rings. The highest BCUT2D eigenvalue weighted by Crippen LogP contribution is 2.21. The Labute approximate surface area is 160 Å². The van der Waals surface area contributed by atoms with Crippen LogP contribution < -0.4 is 4.72 Å². The Morgan fingerprint density at radius 3 is 2.52 bits per heavy atom. The van der Waals surface area contributed by atoms with Gasteiger partial charge in [0.25, 0.3) is 10.0 Å². The number of carbonyl (C=O) groups excluding carboxylic acids is 2. The minimum Gasteiger partial charge on any atom is -0.469 e. The van der Waals surface area contributed by atoms with E-state index in [-0.39, 0.29) is 28.0 Å². The van der Waals surface area contributed by atoms with Crippen molar-refractivity contribution in [3.8, 4) is 0 Å². The molecule has 1 N–H and O–H groups in total. The summed E-state index contributed by atoms with van der Waals surface area (Å²) in [5.41, 5.74) is 0.267. The Morgan fingerprint density at radius 2 is 1.89 bits per heavy atom. The topological polar surface area (TPSA) is 125 Å². The number of aromatic nitrogens is 2. The highest BCUT2D eigenvalue weighted by Gasteiger charge is 2.18. The van der Waals surface area contributed by atoms with Crippen molar-refractivity contribution in [1.82, 2.24) is 10.2 Å². The highest BCUT2D eigenvalue weighted by atomic mass is 32.2. The maximum absolute atomic E-state index is 12.4. The molecule has 0 aliphatic carbocycles. The number of anilines is 1. The Morgan fingerprint density at radius 1 is 1.19 bits per heavy atom. The van der Waals surface area contributed by atoms with Crippen LogP contribution in [0.5, 0.6) is 0 Å². The zero-order chi connectivity index (χ0) is 19.9. The fraction of sp³-hybridized carbons (Fsp3) is 0.375. The third kappa shape index (κ3) is 6.00. The van der Waals surface area contributed by atoms with E-state index in [2.05, 4.69) is 19.7 Å². The average molecular weight is 413 g/mol. The van der Waals surface area contributed by atoms with Gasteiger partial charge >= 0.3 is 11.9 Å². The number of esters is 2. The Kier molecular flexibility index (Phi) is 7.25. The van der Waals surface area contributed by atoms with Gasteiger partial charge in [-0.1, -0.05) is 18.3 Å². The molecule has 1 aromatic carbocycles. The van der Waals surface area contributed by atoms with Gasteiger partial charge in [0, 0.05) is 6.42 Å². The number of benzene rings is 1. The van der Waals surface area contributed by atoms with E-state index in [1.807, 2.05) is 6.92 Å². The van der Waals surface area contributed by atoms with E-state index in [4.69, 9.17) is 4.74 Å². The minimum atomic E-state index is -3.88. The normalized spacial score (nSPS) is 11.0. The summed E-state index contributed by atoms with van der Waals surface area (Å²) in [5.74, 6) is -0.891. The molecule has 1 heterocycles. The van der Waals surface area contributed by atoms with Gasteiger partial charge in [-0.15, -0.1) is 10.2 Å². The van der Waals surface area contributed by atoms with Crippen LogP contribution in [0.4, 0.5) is 5.13 Å². The molecule has 11 heteroatoms. The second-order valence-corrected chi connectivity index (χ2v) is 8.09. The molecule has 146 valence electrons. The van der Waals surface area contributed by atoms with Crippen LogP contribution in [-0.4, -0.2) is 44.3 Å². The molecule has 1 aromatic heterocycles. The number of methoxy groups -OCH3 is 1. The van der Waals surface area contributed by atoms with Crippen LogP contribution in [0.2, 0.25) is 0 Å². The molecule has 0 unspecified atom stereocenters. The van der Waals surface area contributed by atoms with Crippen molar-refractivity contribution in [1.29, 1.82) is 0 Å². The largest absolute Gasteiger partial charge is 0.469 e. The van der Waals surface area contributed by atoms with Gasteiger partial charge in [-0.3, -0.25) is 9.52 Å². The molecule has 0 saturated carbocycles. The first kappa shape index (κ1) is 20.8. The van der Waals surface area contributed by atoms with Gasteiger partial charge in [-0.2, -0.15) is 0 Å². The summed E-state index contributed by atoms with van der Waals surface area (Å²) in [6, 6.07) is 5.39. The average Bonchev–Trinajstić information content (AvgIpc) is 3.10. The number of nitrogens with one attached hydrogen (secondary N) is 1. The SMILES string of the molecule is CCCOC(=O)c1ccc(S(=O)(=O)Nc2nnc(CCC(=O)OC)s2)cc1. The number of ether oxygens (including phenoxy) is 2. The molecule has 27 heavy (non-hydrogen) atoms. The Bertz CT molecular complexity index is 893. The number of aryl methyl sites for hydroxylation is 1. The van der Waals surface area contributed by atoms with Crippen LogP contribution >= 0.6 is 11.3 Å². The second-order valence-electron chi connectivity index (χ2n) is 5.34. The van der Waals surface area contributed by atoms with Gasteiger partial charge in [0.2, 0.25) is 5.13 Å². The second kappa shape index (κ2) is 9.42. The molecular formula is C16H19N3O6S2. The Balaban J connectivity index is 2.03. The fourth-order valence-corrected chi connectivity index (χ4v) is 3.90. The number of carbonyl (C=O) groups is 2. The predicted molar refractivity (Wildman–Crippen MR) is 98.1 cm³/mol. The zero-order valence-electron chi connectivity index (χ0n) is 14.8.